The molecule has 1 aromatic heterocycles. The van der Waals surface area contributed by atoms with E-state index < -0.39 is 12.0 Å². The molecule has 0 aliphatic carbocycles. The highest BCUT2D eigenvalue weighted by Gasteiger charge is 2.22. The molecule has 0 saturated heterocycles. The number of aromatic carboxylic acids is 1. The monoisotopic (exact) mass is 289 g/mol. The van der Waals surface area contributed by atoms with Gasteiger partial charge in [-0.15, -0.1) is 0 Å². The number of imidazole rings is 1. The second kappa shape index (κ2) is 5.95. The number of carboxylic acid groups (broad SMARTS) is 1. The van der Waals surface area contributed by atoms with Gasteiger partial charge in [-0.25, -0.2) is 9.78 Å². The Balaban J connectivity index is 2.55. The lowest BCUT2D eigenvalue weighted by Crippen LogP contribution is -2.32. The molecular formula is C15H19N3O3. The number of carbonyl (C=O) groups is 2. The van der Waals surface area contributed by atoms with E-state index in [1.165, 1.54) is 6.07 Å². The highest BCUT2D eigenvalue weighted by molar-refractivity contribution is 6.01. The molecule has 1 amide bonds. The standard InChI is InChI=1S/C15H19N3O3/c1-4-8-16-14(19)9(2)18-10(3)17-12-7-5-6-11(13(12)18)15(20)21/h5-7,9H,4,8H2,1-3H3,(H,16,19)(H,20,21). The van der Waals surface area contributed by atoms with E-state index in [-0.39, 0.29) is 11.5 Å². The number of rotatable bonds is 5. The molecule has 0 fully saturated rings. The van der Waals surface area contributed by atoms with Crippen LogP contribution in [-0.2, 0) is 4.79 Å². The van der Waals surface area contributed by atoms with Crippen LogP contribution in [0.25, 0.3) is 11.0 Å². The second-order valence-electron chi connectivity index (χ2n) is 4.97. The molecule has 0 radical (unpaired) electrons. The van der Waals surface area contributed by atoms with Crippen LogP contribution in [0, 0.1) is 6.92 Å². The Hall–Kier alpha value is -2.37. The van der Waals surface area contributed by atoms with Crippen LogP contribution >= 0.6 is 0 Å². The summed E-state index contributed by atoms with van der Waals surface area (Å²) in [6.45, 7) is 6.10. The van der Waals surface area contributed by atoms with Crippen LogP contribution in [0.1, 0.15) is 42.5 Å². The van der Waals surface area contributed by atoms with Crippen molar-refractivity contribution < 1.29 is 14.7 Å². The number of para-hydroxylation sites is 1. The zero-order valence-corrected chi connectivity index (χ0v) is 12.4. The first-order chi connectivity index (χ1) is 9.97. The molecule has 0 aliphatic heterocycles. The van der Waals surface area contributed by atoms with E-state index in [0.717, 1.165) is 6.42 Å². The molecule has 1 aromatic carbocycles. The smallest absolute Gasteiger partial charge is 0.337 e. The molecule has 2 aromatic rings. The maximum Gasteiger partial charge on any atom is 0.337 e. The maximum absolute atomic E-state index is 12.2. The predicted molar refractivity (Wildman–Crippen MR) is 79.4 cm³/mol. The first kappa shape index (κ1) is 15.0. The van der Waals surface area contributed by atoms with Crippen molar-refractivity contribution in [3.05, 3.63) is 29.6 Å². The van der Waals surface area contributed by atoms with Crippen molar-refractivity contribution in [2.24, 2.45) is 0 Å². The lowest BCUT2D eigenvalue weighted by molar-refractivity contribution is -0.123. The lowest BCUT2D eigenvalue weighted by Gasteiger charge is -2.17. The van der Waals surface area contributed by atoms with Gasteiger partial charge in [0.15, 0.2) is 0 Å². The summed E-state index contributed by atoms with van der Waals surface area (Å²) in [6.07, 6.45) is 0.850. The fourth-order valence-electron chi connectivity index (χ4n) is 2.42. The van der Waals surface area contributed by atoms with Gasteiger partial charge < -0.3 is 15.0 Å². The van der Waals surface area contributed by atoms with Crippen molar-refractivity contribution in [2.45, 2.75) is 33.2 Å². The zero-order valence-electron chi connectivity index (χ0n) is 12.4. The molecule has 1 atom stereocenters. The Bertz CT molecular complexity index is 691. The number of hydrogen-bond acceptors (Lipinski definition) is 3. The van der Waals surface area contributed by atoms with E-state index in [4.69, 9.17) is 0 Å². The van der Waals surface area contributed by atoms with Gasteiger partial charge in [0.1, 0.15) is 11.9 Å². The van der Waals surface area contributed by atoms with Gasteiger partial charge in [0.05, 0.1) is 16.6 Å². The van der Waals surface area contributed by atoms with Crippen LogP contribution in [0.4, 0.5) is 0 Å². The van der Waals surface area contributed by atoms with Gasteiger partial charge >= 0.3 is 5.97 Å². The summed E-state index contributed by atoms with van der Waals surface area (Å²) in [6, 6.07) is 4.42. The largest absolute Gasteiger partial charge is 0.478 e. The van der Waals surface area contributed by atoms with Crippen molar-refractivity contribution in [3.63, 3.8) is 0 Å². The molecule has 1 heterocycles. The second-order valence-corrected chi connectivity index (χ2v) is 4.97. The van der Waals surface area contributed by atoms with Crippen LogP contribution in [0.3, 0.4) is 0 Å². The van der Waals surface area contributed by atoms with Crippen LogP contribution in [0.15, 0.2) is 18.2 Å². The minimum absolute atomic E-state index is 0.139. The fraction of sp³-hybridized carbons (Fsp3) is 0.400. The minimum atomic E-state index is -1.03. The van der Waals surface area contributed by atoms with Crippen molar-refractivity contribution in [2.75, 3.05) is 6.54 Å². The van der Waals surface area contributed by atoms with E-state index in [0.29, 0.717) is 23.4 Å². The Kier molecular flexibility index (Phi) is 4.26. The quantitative estimate of drug-likeness (QED) is 0.883. The third-order valence-electron chi connectivity index (χ3n) is 3.43. The van der Waals surface area contributed by atoms with E-state index in [9.17, 15) is 14.7 Å². The van der Waals surface area contributed by atoms with Gasteiger partial charge in [-0.3, -0.25) is 4.79 Å². The number of nitrogens with one attached hydrogen (secondary N) is 1. The molecule has 21 heavy (non-hydrogen) atoms. The summed E-state index contributed by atoms with van der Waals surface area (Å²) in [4.78, 5) is 27.9. The number of aromatic nitrogens is 2. The molecule has 6 nitrogen and oxygen atoms in total. The first-order valence-electron chi connectivity index (χ1n) is 6.96. The molecule has 0 spiro atoms. The topological polar surface area (TPSA) is 84.2 Å². The Morgan fingerprint density at radius 2 is 2.14 bits per heavy atom. The van der Waals surface area contributed by atoms with Crippen LogP contribution in [0.5, 0.6) is 0 Å². The number of carboxylic acids is 1. The number of benzene rings is 1. The average Bonchev–Trinajstić information content (AvgIpc) is 2.79. The van der Waals surface area contributed by atoms with Gasteiger partial charge in [0, 0.05) is 6.54 Å². The van der Waals surface area contributed by atoms with Gasteiger partial charge in [-0.05, 0) is 32.4 Å². The van der Waals surface area contributed by atoms with Crippen molar-refractivity contribution in [3.8, 4) is 0 Å². The number of fused-ring (bicyclic) bond motifs is 1. The average molecular weight is 289 g/mol. The normalized spacial score (nSPS) is 12.3. The maximum atomic E-state index is 12.2. The Morgan fingerprint density at radius 1 is 1.43 bits per heavy atom. The van der Waals surface area contributed by atoms with Crippen molar-refractivity contribution >= 4 is 22.9 Å². The van der Waals surface area contributed by atoms with Gasteiger partial charge in [0.25, 0.3) is 0 Å². The third-order valence-corrected chi connectivity index (χ3v) is 3.43. The van der Waals surface area contributed by atoms with E-state index in [2.05, 4.69) is 10.3 Å². The van der Waals surface area contributed by atoms with E-state index in [1.54, 1.807) is 30.5 Å². The van der Waals surface area contributed by atoms with Crippen LogP contribution < -0.4 is 5.32 Å². The SMILES string of the molecule is CCCNC(=O)C(C)n1c(C)nc2cccc(C(=O)O)c21. The number of aryl methyl sites for hydroxylation is 1. The molecule has 6 heteroatoms. The number of nitrogens with zero attached hydrogens (tertiary/aromatic N) is 2. The number of hydrogen-bond donors (Lipinski definition) is 2. The predicted octanol–water partition coefficient (Wildman–Crippen LogP) is 2.13. The zero-order chi connectivity index (χ0) is 15.6. The summed E-state index contributed by atoms with van der Waals surface area (Å²) in [5, 5.41) is 12.2. The van der Waals surface area contributed by atoms with E-state index in [1.807, 2.05) is 6.92 Å². The molecule has 2 rings (SSSR count). The fourth-order valence-corrected chi connectivity index (χ4v) is 2.42. The molecule has 112 valence electrons. The van der Waals surface area contributed by atoms with Crippen molar-refractivity contribution in [1.29, 1.82) is 0 Å². The lowest BCUT2D eigenvalue weighted by atomic mass is 10.1. The highest BCUT2D eigenvalue weighted by atomic mass is 16.4. The number of amides is 1. The van der Waals surface area contributed by atoms with E-state index >= 15 is 0 Å². The van der Waals surface area contributed by atoms with Crippen LogP contribution in [0.2, 0.25) is 0 Å². The highest BCUT2D eigenvalue weighted by Crippen LogP contribution is 2.24. The molecule has 1 unspecified atom stereocenters. The summed E-state index contributed by atoms with van der Waals surface area (Å²) in [5.41, 5.74) is 1.23. The summed E-state index contributed by atoms with van der Waals surface area (Å²) < 4.78 is 1.68. The molecule has 0 bridgehead atoms. The first-order valence-corrected chi connectivity index (χ1v) is 6.96. The summed E-state index contributed by atoms with van der Waals surface area (Å²) in [7, 11) is 0. The molecule has 0 aliphatic rings. The van der Waals surface area contributed by atoms with Gasteiger partial charge in [0.2, 0.25) is 5.91 Å². The number of carbonyl (C=O) groups excluding carboxylic acids is 1. The van der Waals surface area contributed by atoms with Gasteiger partial charge in [-0.2, -0.15) is 0 Å². The van der Waals surface area contributed by atoms with Crippen molar-refractivity contribution in [1.82, 2.24) is 14.9 Å². The molecule has 0 saturated carbocycles. The molecular weight excluding hydrogens is 270 g/mol. The van der Waals surface area contributed by atoms with Gasteiger partial charge in [-0.1, -0.05) is 13.0 Å². The summed E-state index contributed by atoms with van der Waals surface area (Å²) in [5.74, 6) is -0.541. The Labute approximate surface area is 122 Å². The van der Waals surface area contributed by atoms with Crippen LogP contribution in [-0.4, -0.2) is 33.1 Å². The molecule has 2 N–H and O–H groups in total. The Morgan fingerprint density at radius 3 is 2.76 bits per heavy atom. The minimum Gasteiger partial charge on any atom is -0.478 e. The summed E-state index contributed by atoms with van der Waals surface area (Å²) >= 11 is 0. The third kappa shape index (κ3) is 2.74.